The van der Waals surface area contributed by atoms with Gasteiger partial charge in [0.25, 0.3) is 0 Å². The lowest BCUT2D eigenvalue weighted by Crippen LogP contribution is -2.13. The van der Waals surface area contributed by atoms with E-state index in [0.717, 1.165) is 25.5 Å². The molecule has 1 aromatic rings. The Hall–Kier alpha value is -1.37. The number of benzene rings is 1. The van der Waals surface area contributed by atoms with Gasteiger partial charge in [0.05, 0.1) is 0 Å². The minimum atomic E-state index is 0.0635. The van der Waals surface area contributed by atoms with Crippen LogP contribution in [0.1, 0.15) is 43.2 Å². The van der Waals surface area contributed by atoms with Gasteiger partial charge in [-0.05, 0) is 24.5 Å². The number of hydrogen-bond donors (Lipinski definition) is 0. The molecule has 0 aromatic heterocycles. The number of carbonyl (C=O) groups excluding carboxylic acids is 1. The molecule has 0 heterocycles. The number of aryl methyl sites for hydroxylation is 1. The Morgan fingerprint density at radius 1 is 1.35 bits per heavy atom. The van der Waals surface area contributed by atoms with E-state index in [9.17, 15) is 4.79 Å². The molecular weight excluding hydrogens is 208 g/mol. The molecule has 0 bridgehead atoms. The maximum atomic E-state index is 11.2. The van der Waals surface area contributed by atoms with Crippen LogP contribution in [0.3, 0.4) is 0 Å². The molecule has 1 nitrogen and oxygen atoms in total. The Bertz CT molecular complexity index is 368. The minimum absolute atomic E-state index is 0.0635. The van der Waals surface area contributed by atoms with Gasteiger partial charge in [0.15, 0.2) is 0 Å². The highest BCUT2D eigenvalue weighted by molar-refractivity contribution is 5.57. The molecule has 0 fully saturated rings. The molecule has 17 heavy (non-hydrogen) atoms. The summed E-state index contributed by atoms with van der Waals surface area (Å²) in [5.41, 5.74) is 2.47. The molecule has 1 heteroatoms. The summed E-state index contributed by atoms with van der Waals surface area (Å²) in [6.07, 6.45) is 6.18. The average Bonchev–Trinajstić information content (AvgIpc) is 2.36. The van der Waals surface area contributed by atoms with Gasteiger partial charge in [0.1, 0.15) is 6.29 Å². The van der Waals surface area contributed by atoms with E-state index in [1.807, 2.05) is 18.2 Å². The largest absolute Gasteiger partial charge is 0.303 e. The van der Waals surface area contributed by atoms with Gasteiger partial charge < -0.3 is 4.79 Å². The van der Waals surface area contributed by atoms with E-state index in [0.29, 0.717) is 0 Å². The second-order valence-electron chi connectivity index (χ2n) is 4.56. The topological polar surface area (TPSA) is 17.1 Å². The van der Waals surface area contributed by atoms with Crippen LogP contribution in [-0.4, -0.2) is 6.29 Å². The van der Waals surface area contributed by atoms with Crippen molar-refractivity contribution in [2.75, 3.05) is 0 Å². The van der Waals surface area contributed by atoms with E-state index in [4.69, 9.17) is 0 Å². The first kappa shape index (κ1) is 13.7. The molecule has 0 unspecified atom stereocenters. The third-order valence-electron chi connectivity index (χ3n) is 3.33. The van der Waals surface area contributed by atoms with E-state index in [2.05, 4.69) is 32.6 Å². The van der Waals surface area contributed by atoms with Crippen LogP contribution in [0.15, 0.2) is 36.9 Å². The fourth-order valence-corrected chi connectivity index (χ4v) is 2.27. The van der Waals surface area contributed by atoms with Crippen LogP contribution in [-0.2, 0) is 4.79 Å². The smallest absolute Gasteiger partial charge is 0.123 e. The Kier molecular flexibility index (Phi) is 5.68. The molecule has 1 rings (SSSR count). The Labute approximate surface area is 105 Å². The van der Waals surface area contributed by atoms with Crippen molar-refractivity contribution in [3.8, 4) is 0 Å². The van der Waals surface area contributed by atoms with E-state index < -0.39 is 0 Å². The van der Waals surface area contributed by atoms with Gasteiger partial charge >= 0.3 is 0 Å². The molecule has 0 aliphatic carbocycles. The van der Waals surface area contributed by atoms with E-state index in [-0.39, 0.29) is 11.8 Å². The van der Waals surface area contributed by atoms with E-state index in [1.54, 1.807) is 0 Å². The monoisotopic (exact) mass is 230 g/mol. The summed E-state index contributed by atoms with van der Waals surface area (Å²) in [5.74, 6) is 0.216. The molecule has 0 aliphatic heterocycles. The van der Waals surface area contributed by atoms with Gasteiger partial charge in [-0.2, -0.15) is 0 Å². The van der Waals surface area contributed by atoms with Crippen LogP contribution in [0, 0.1) is 12.8 Å². The normalized spacial score (nSPS) is 14.0. The summed E-state index contributed by atoms with van der Waals surface area (Å²) < 4.78 is 0. The van der Waals surface area contributed by atoms with Crippen molar-refractivity contribution in [3.05, 3.63) is 48.0 Å². The third kappa shape index (κ3) is 3.55. The summed E-state index contributed by atoms with van der Waals surface area (Å²) in [4.78, 5) is 11.2. The lowest BCUT2D eigenvalue weighted by atomic mass is 9.82. The highest BCUT2D eigenvalue weighted by Gasteiger charge is 2.20. The number of unbranched alkanes of at least 4 members (excludes halogenated alkanes) is 1. The van der Waals surface area contributed by atoms with Crippen molar-refractivity contribution in [1.29, 1.82) is 0 Å². The highest BCUT2D eigenvalue weighted by atomic mass is 16.1. The Morgan fingerprint density at radius 3 is 2.59 bits per heavy atom. The Morgan fingerprint density at radius 2 is 2.06 bits per heavy atom. The maximum Gasteiger partial charge on any atom is 0.123 e. The first-order chi connectivity index (χ1) is 8.24. The fraction of sp³-hybridized carbons (Fsp3) is 0.438. The summed E-state index contributed by atoms with van der Waals surface area (Å²) in [6.45, 7) is 8.14. The lowest BCUT2D eigenvalue weighted by Gasteiger charge is -2.21. The zero-order valence-corrected chi connectivity index (χ0v) is 10.9. The highest BCUT2D eigenvalue weighted by Crippen LogP contribution is 2.30. The van der Waals surface area contributed by atoms with Crippen LogP contribution < -0.4 is 0 Å². The van der Waals surface area contributed by atoms with Crippen LogP contribution >= 0.6 is 0 Å². The number of carbonyl (C=O) groups is 1. The molecule has 0 aliphatic rings. The lowest BCUT2D eigenvalue weighted by molar-refractivity contribution is -0.111. The molecule has 0 N–H and O–H groups in total. The predicted molar refractivity (Wildman–Crippen MR) is 73.2 cm³/mol. The fourth-order valence-electron chi connectivity index (χ4n) is 2.27. The first-order valence-electron chi connectivity index (χ1n) is 6.38. The van der Waals surface area contributed by atoms with Gasteiger partial charge in [0.2, 0.25) is 0 Å². The zero-order chi connectivity index (χ0) is 12.7. The van der Waals surface area contributed by atoms with Crippen LogP contribution in [0.2, 0.25) is 0 Å². The van der Waals surface area contributed by atoms with Gasteiger partial charge in [-0.1, -0.05) is 50.1 Å². The second kappa shape index (κ2) is 7.05. The summed E-state index contributed by atoms with van der Waals surface area (Å²) >= 11 is 0. The standard InChI is InChI=1S/C16H22O/c1-4-6-10-14(12-17)15(5-2)16-11-8-7-9-13(16)3/h5,7-9,11-12,14-15H,2,4,6,10H2,1,3H3/t14-,15+/m0/s1. The minimum Gasteiger partial charge on any atom is -0.303 e. The molecule has 0 amide bonds. The van der Waals surface area contributed by atoms with Crippen molar-refractivity contribution in [1.82, 2.24) is 0 Å². The average molecular weight is 230 g/mol. The molecule has 1 aromatic carbocycles. The Balaban J connectivity index is 2.93. The SMILES string of the molecule is C=C[C@@H](c1ccccc1C)[C@H](C=O)CCCC. The number of allylic oxidation sites excluding steroid dienone is 1. The molecule has 0 saturated carbocycles. The van der Waals surface area contributed by atoms with Crippen molar-refractivity contribution in [3.63, 3.8) is 0 Å². The van der Waals surface area contributed by atoms with Gasteiger partial charge in [-0.15, -0.1) is 6.58 Å². The van der Waals surface area contributed by atoms with Crippen molar-refractivity contribution >= 4 is 6.29 Å². The number of rotatable bonds is 7. The third-order valence-corrected chi connectivity index (χ3v) is 3.33. The molecular formula is C16H22O. The molecule has 92 valence electrons. The molecule has 0 saturated heterocycles. The van der Waals surface area contributed by atoms with Gasteiger partial charge in [-0.3, -0.25) is 0 Å². The van der Waals surface area contributed by atoms with Crippen molar-refractivity contribution in [2.24, 2.45) is 5.92 Å². The zero-order valence-electron chi connectivity index (χ0n) is 10.9. The quantitative estimate of drug-likeness (QED) is 0.505. The second-order valence-corrected chi connectivity index (χ2v) is 4.56. The maximum absolute atomic E-state index is 11.2. The van der Waals surface area contributed by atoms with Crippen molar-refractivity contribution < 1.29 is 4.79 Å². The molecule has 2 atom stereocenters. The predicted octanol–water partition coefficient (Wildman–Crippen LogP) is 4.27. The number of hydrogen-bond acceptors (Lipinski definition) is 1. The van der Waals surface area contributed by atoms with Crippen LogP contribution in [0.4, 0.5) is 0 Å². The summed E-state index contributed by atoms with van der Waals surface area (Å²) in [7, 11) is 0. The summed E-state index contributed by atoms with van der Waals surface area (Å²) in [5, 5.41) is 0. The van der Waals surface area contributed by atoms with Crippen LogP contribution in [0.5, 0.6) is 0 Å². The molecule has 0 radical (unpaired) electrons. The van der Waals surface area contributed by atoms with E-state index in [1.165, 1.54) is 11.1 Å². The first-order valence-corrected chi connectivity index (χ1v) is 6.38. The van der Waals surface area contributed by atoms with Gasteiger partial charge in [-0.25, -0.2) is 0 Å². The molecule has 0 spiro atoms. The van der Waals surface area contributed by atoms with E-state index >= 15 is 0 Å². The van der Waals surface area contributed by atoms with Crippen molar-refractivity contribution in [2.45, 2.75) is 39.0 Å². The summed E-state index contributed by atoms with van der Waals surface area (Å²) in [6, 6.07) is 8.25. The van der Waals surface area contributed by atoms with Crippen LogP contribution in [0.25, 0.3) is 0 Å². The number of aldehydes is 1. The van der Waals surface area contributed by atoms with Gasteiger partial charge in [0, 0.05) is 11.8 Å².